The highest BCUT2D eigenvalue weighted by Crippen LogP contribution is 2.40. The number of benzene rings is 2. The second-order valence-electron chi connectivity index (χ2n) is 11.7. The van der Waals surface area contributed by atoms with E-state index in [1.54, 1.807) is 17.8 Å². The van der Waals surface area contributed by atoms with Crippen LogP contribution in [-0.2, 0) is 20.7 Å². The number of nitrogens with one attached hydrogen (secondary N) is 2. The molecule has 1 saturated heterocycles. The van der Waals surface area contributed by atoms with E-state index in [0.717, 1.165) is 17.7 Å². The first-order chi connectivity index (χ1) is 21.0. The molecule has 12 nitrogen and oxygen atoms in total. The largest absolute Gasteiger partial charge is 0.465 e. The summed E-state index contributed by atoms with van der Waals surface area (Å²) in [5.74, 6) is -1.57. The predicted molar refractivity (Wildman–Crippen MR) is 162 cm³/mol. The van der Waals surface area contributed by atoms with E-state index in [1.807, 2.05) is 81.4 Å². The molecule has 1 aliphatic heterocycles. The molecule has 3 aromatic rings. The Kier molecular flexibility index (Phi) is 10.4. The van der Waals surface area contributed by atoms with Gasteiger partial charge in [-0.2, -0.15) is 0 Å². The normalized spacial score (nSPS) is 18.7. The average molecular weight is 605 g/mol. The highest BCUT2D eigenvalue weighted by molar-refractivity contribution is 6.38. The summed E-state index contributed by atoms with van der Waals surface area (Å²) in [5, 5.41) is 23.7. The number of ketones is 1. The number of nitrogens with zero attached hydrogens (tertiary/aromatic N) is 4. The highest BCUT2D eigenvalue weighted by atomic mass is 16.6. The molecule has 2 aromatic carbocycles. The third-order valence-electron chi connectivity index (χ3n) is 8.21. The number of ether oxygens (including phenoxy) is 1. The molecule has 0 bridgehead atoms. The minimum Gasteiger partial charge on any atom is -0.465 e. The van der Waals surface area contributed by atoms with Crippen molar-refractivity contribution in [2.24, 2.45) is 5.41 Å². The summed E-state index contributed by atoms with van der Waals surface area (Å²) in [6.07, 6.45) is 0.764. The van der Waals surface area contributed by atoms with E-state index in [0.29, 0.717) is 12.1 Å². The standard InChI is InChI=1S/C32H40N6O6/c1-5-6-17-25(28(39)29(40)33-21(2)22-13-9-7-10-14-22)34-30(41)44-27-20-37(31(42)43)26(32(27,3)4)18-23-19-38(36-35-23)24-15-11-8-12-16-24/h7-16,19,21,25-27H,5-6,17-18,20H2,1-4H3,(H,33,40)(H,34,41)(H,42,43)/t21-,25+,26?,27-/m1/s1. The molecule has 1 unspecified atom stereocenters. The molecule has 4 atom stereocenters. The molecule has 1 fully saturated rings. The lowest BCUT2D eigenvalue weighted by Crippen LogP contribution is -2.49. The number of carbonyl (C=O) groups excluding carboxylic acids is 3. The van der Waals surface area contributed by atoms with E-state index in [-0.39, 0.29) is 19.4 Å². The fourth-order valence-electron chi connectivity index (χ4n) is 5.46. The van der Waals surface area contributed by atoms with Gasteiger partial charge in [0.15, 0.2) is 0 Å². The fraction of sp³-hybridized carbons (Fsp3) is 0.438. The number of aromatic nitrogens is 3. The van der Waals surface area contributed by atoms with Gasteiger partial charge in [0.25, 0.3) is 5.91 Å². The molecule has 0 radical (unpaired) electrons. The predicted octanol–water partition coefficient (Wildman–Crippen LogP) is 4.30. The number of likely N-dealkylation sites (tertiary alicyclic amines) is 1. The van der Waals surface area contributed by atoms with Crippen LogP contribution in [0.2, 0.25) is 0 Å². The van der Waals surface area contributed by atoms with Gasteiger partial charge in [-0.05, 0) is 31.0 Å². The molecule has 4 rings (SSSR count). The molecule has 12 heteroatoms. The number of amides is 3. The zero-order valence-electron chi connectivity index (χ0n) is 25.5. The number of alkyl carbamates (subject to hydrolysis) is 1. The molecule has 1 aromatic heterocycles. The van der Waals surface area contributed by atoms with E-state index in [2.05, 4.69) is 20.9 Å². The van der Waals surface area contributed by atoms with Crippen LogP contribution in [0, 0.1) is 5.41 Å². The van der Waals surface area contributed by atoms with Crippen LogP contribution in [0.25, 0.3) is 5.69 Å². The van der Waals surface area contributed by atoms with Gasteiger partial charge in [0, 0.05) is 17.9 Å². The van der Waals surface area contributed by atoms with Crippen molar-refractivity contribution in [1.29, 1.82) is 0 Å². The van der Waals surface area contributed by atoms with Gasteiger partial charge in [-0.15, -0.1) is 5.10 Å². The molecule has 234 valence electrons. The maximum absolute atomic E-state index is 13.1. The van der Waals surface area contributed by atoms with E-state index in [4.69, 9.17) is 4.74 Å². The lowest BCUT2D eigenvalue weighted by molar-refractivity contribution is -0.139. The summed E-state index contributed by atoms with van der Waals surface area (Å²) in [5.41, 5.74) is 1.44. The molecule has 0 saturated carbocycles. The Morgan fingerprint density at radius 3 is 2.34 bits per heavy atom. The third kappa shape index (κ3) is 7.61. The third-order valence-corrected chi connectivity index (χ3v) is 8.21. The number of carbonyl (C=O) groups is 4. The van der Waals surface area contributed by atoms with Gasteiger partial charge in [-0.3, -0.25) is 9.59 Å². The summed E-state index contributed by atoms with van der Waals surface area (Å²) in [7, 11) is 0. The van der Waals surface area contributed by atoms with Crippen molar-refractivity contribution in [3.05, 3.63) is 78.1 Å². The zero-order chi connectivity index (χ0) is 31.9. The number of hydrogen-bond donors (Lipinski definition) is 3. The van der Waals surface area contributed by atoms with E-state index in [1.165, 1.54) is 4.90 Å². The monoisotopic (exact) mass is 604 g/mol. The summed E-state index contributed by atoms with van der Waals surface area (Å²) < 4.78 is 7.38. The van der Waals surface area contributed by atoms with Crippen LogP contribution < -0.4 is 10.6 Å². The van der Waals surface area contributed by atoms with Crippen LogP contribution in [0.3, 0.4) is 0 Å². The Balaban J connectivity index is 1.42. The Morgan fingerprint density at radius 2 is 1.70 bits per heavy atom. The van der Waals surface area contributed by atoms with Crippen LogP contribution in [0.4, 0.5) is 9.59 Å². The van der Waals surface area contributed by atoms with Gasteiger partial charge in [0.2, 0.25) is 5.78 Å². The number of unbranched alkanes of at least 4 members (excludes halogenated alkanes) is 1. The van der Waals surface area contributed by atoms with Crippen molar-refractivity contribution in [3.8, 4) is 5.69 Å². The summed E-state index contributed by atoms with van der Waals surface area (Å²) >= 11 is 0. The molecule has 2 heterocycles. The summed E-state index contributed by atoms with van der Waals surface area (Å²) in [4.78, 5) is 52.6. The number of hydrogen-bond acceptors (Lipinski definition) is 7. The quantitative estimate of drug-likeness (QED) is 0.259. The van der Waals surface area contributed by atoms with E-state index in [9.17, 15) is 24.3 Å². The van der Waals surface area contributed by atoms with E-state index < -0.39 is 53.5 Å². The molecule has 0 aliphatic carbocycles. The van der Waals surface area contributed by atoms with Gasteiger partial charge < -0.3 is 25.4 Å². The number of Topliss-reactive ketones (excluding diaryl/α,β-unsaturated/α-hetero) is 1. The van der Waals surface area contributed by atoms with Gasteiger partial charge >= 0.3 is 12.2 Å². The Bertz CT molecular complexity index is 1440. The number of rotatable bonds is 12. The van der Waals surface area contributed by atoms with Crippen molar-refractivity contribution in [1.82, 2.24) is 30.5 Å². The molecular weight excluding hydrogens is 564 g/mol. The number of para-hydroxylation sites is 1. The second-order valence-corrected chi connectivity index (χ2v) is 11.7. The van der Waals surface area contributed by atoms with Crippen molar-refractivity contribution >= 4 is 23.9 Å². The smallest absolute Gasteiger partial charge is 0.408 e. The first-order valence-corrected chi connectivity index (χ1v) is 14.8. The molecular formula is C32H40N6O6. The topological polar surface area (TPSA) is 156 Å². The van der Waals surface area contributed by atoms with Gasteiger partial charge in [0.1, 0.15) is 12.1 Å². The first-order valence-electron chi connectivity index (χ1n) is 14.8. The Labute approximate surface area is 256 Å². The van der Waals surface area contributed by atoms with Crippen molar-refractivity contribution in [2.45, 2.75) is 77.6 Å². The Morgan fingerprint density at radius 1 is 1.05 bits per heavy atom. The lowest BCUT2D eigenvalue weighted by atomic mass is 9.80. The fourth-order valence-corrected chi connectivity index (χ4v) is 5.46. The highest BCUT2D eigenvalue weighted by Gasteiger charge is 2.52. The molecule has 0 spiro atoms. The lowest BCUT2D eigenvalue weighted by Gasteiger charge is -2.32. The SMILES string of the molecule is CCCC[C@H](NC(=O)O[C@@H]1CN(C(=O)O)C(Cc2cn(-c3ccccc3)nn2)C1(C)C)C(=O)C(=O)N[C@H](C)c1ccccc1. The van der Waals surface area contributed by atoms with Crippen LogP contribution in [0.1, 0.15) is 64.3 Å². The van der Waals surface area contributed by atoms with Crippen LogP contribution in [0.15, 0.2) is 66.9 Å². The Hall–Kier alpha value is -4.74. The molecule has 3 amide bonds. The first kappa shape index (κ1) is 32.2. The van der Waals surface area contributed by atoms with Gasteiger partial charge in [-0.1, -0.05) is 87.4 Å². The minimum atomic E-state index is -1.15. The molecule has 3 N–H and O–H groups in total. The molecule has 1 aliphatic rings. The van der Waals surface area contributed by atoms with Crippen LogP contribution >= 0.6 is 0 Å². The molecule has 44 heavy (non-hydrogen) atoms. The van der Waals surface area contributed by atoms with Crippen molar-refractivity contribution < 1.29 is 29.0 Å². The number of carboxylic acid groups (broad SMARTS) is 1. The maximum atomic E-state index is 13.1. The van der Waals surface area contributed by atoms with Crippen LogP contribution in [-0.4, -0.2) is 73.6 Å². The van der Waals surface area contributed by atoms with Crippen LogP contribution in [0.5, 0.6) is 0 Å². The summed E-state index contributed by atoms with van der Waals surface area (Å²) in [6, 6.07) is 16.6. The van der Waals surface area contributed by atoms with E-state index >= 15 is 0 Å². The van der Waals surface area contributed by atoms with Gasteiger partial charge in [0.05, 0.1) is 30.2 Å². The maximum Gasteiger partial charge on any atom is 0.408 e. The summed E-state index contributed by atoms with van der Waals surface area (Å²) in [6.45, 7) is 7.32. The van der Waals surface area contributed by atoms with Crippen molar-refractivity contribution in [3.63, 3.8) is 0 Å². The zero-order valence-corrected chi connectivity index (χ0v) is 25.5. The minimum absolute atomic E-state index is 0.0596. The van der Waals surface area contributed by atoms with Gasteiger partial charge in [-0.25, -0.2) is 14.3 Å². The second kappa shape index (κ2) is 14.2. The van der Waals surface area contributed by atoms with Crippen molar-refractivity contribution in [2.75, 3.05) is 6.54 Å². The average Bonchev–Trinajstić information content (AvgIpc) is 3.58.